The molecule has 0 bridgehead atoms. The van der Waals surface area contributed by atoms with Crippen molar-refractivity contribution in [2.75, 3.05) is 19.8 Å². The molecule has 0 aromatic heterocycles. The zero-order valence-corrected chi connectivity index (χ0v) is 8.84. The molecule has 84 valence electrons. The quantitative estimate of drug-likeness (QED) is 0.643. The molecule has 2 N–H and O–H groups in total. The number of hydrogen-bond donors (Lipinski definition) is 2. The number of amides is 2. The summed E-state index contributed by atoms with van der Waals surface area (Å²) in [7, 11) is 0. The van der Waals surface area contributed by atoms with Crippen molar-refractivity contribution >= 4 is 11.8 Å². The fourth-order valence-corrected chi connectivity index (χ4v) is 1.96. The average Bonchev–Trinajstić information content (AvgIpc) is 2.75. The summed E-state index contributed by atoms with van der Waals surface area (Å²) >= 11 is 0. The third kappa shape index (κ3) is 2.28. The second kappa shape index (κ2) is 3.81. The van der Waals surface area contributed by atoms with Gasteiger partial charge in [-0.2, -0.15) is 0 Å². The number of hydrogen-bond acceptors (Lipinski definition) is 3. The van der Waals surface area contributed by atoms with Gasteiger partial charge in [0.25, 0.3) is 0 Å². The van der Waals surface area contributed by atoms with E-state index in [0.29, 0.717) is 26.2 Å². The molecule has 5 nitrogen and oxygen atoms in total. The average molecular weight is 212 g/mol. The van der Waals surface area contributed by atoms with Crippen LogP contribution in [0, 0.1) is 5.92 Å². The van der Waals surface area contributed by atoms with Crippen molar-refractivity contribution in [2.24, 2.45) is 5.92 Å². The first kappa shape index (κ1) is 10.4. The first-order valence-electron chi connectivity index (χ1n) is 5.25. The summed E-state index contributed by atoms with van der Waals surface area (Å²) in [5, 5.41) is 5.62. The van der Waals surface area contributed by atoms with Crippen molar-refractivity contribution in [3.63, 3.8) is 0 Å². The fraction of sp³-hybridized carbons (Fsp3) is 0.800. The minimum Gasteiger partial charge on any atom is -0.379 e. The molecule has 5 heteroatoms. The van der Waals surface area contributed by atoms with E-state index in [9.17, 15) is 9.59 Å². The van der Waals surface area contributed by atoms with E-state index in [0.717, 1.165) is 6.42 Å². The highest BCUT2D eigenvalue weighted by Crippen LogP contribution is 2.19. The zero-order valence-electron chi connectivity index (χ0n) is 8.84. The third-order valence-corrected chi connectivity index (χ3v) is 2.99. The third-order valence-electron chi connectivity index (χ3n) is 2.99. The summed E-state index contributed by atoms with van der Waals surface area (Å²) in [6.45, 7) is 3.69. The molecular weight excluding hydrogens is 196 g/mol. The van der Waals surface area contributed by atoms with Crippen LogP contribution in [0.15, 0.2) is 0 Å². The molecule has 0 aliphatic carbocycles. The Labute approximate surface area is 88.5 Å². The van der Waals surface area contributed by atoms with Crippen molar-refractivity contribution in [3.8, 4) is 0 Å². The van der Waals surface area contributed by atoms with Crippen molar-refractivity contribution in [3.05, 3.63) is 0 Å². The molecule has 0 radical (unpaired) electrons. The summed E-state index contributed by atoms with van der Waals surface area (Å²) in [4.78, 5) is 22.8. The number of nitrogens with one attached hydrogen (secondary N) is 2. The second-order valence-corrected chi connectivity index (χ2v) is 4.56. The van der Waals surface area contributed by atoms with Crippen LogP contribution in [0.1, 0.15) is 19.8 Å². The van der Waals surface area contributed by atoms with Crippen molar-refractivity contribution in [2.45, 2.75) is 25.3 Å². The van der Waals surface area contributed by atoms with Gasteiger partial charge in [0.2, 0.25) is 11.8 Å². The predicted molar refractivity (Wildman–Crippen MR) is 53.1 cm³/mol. The normalized spacial score (nSPS) is 35.3. The molecule has 2 aliphatic rings. The van der Waals surface area contributed by atoms with E-state index in [4.69, 9.17) is 4.74 Å². The standard InChI is InChI=1S/C10H16N2O3/c1-10(2-3-15-6-10)12-9(14)7-4-8(13)11-5-7/h7H,2-6H2,1H3,(H,11,13)(H,12,14). The summed E-state index contributed by atoms with van der Waals surface area (Å²) < 4.78 is 5.25. The van der Waals surface area contributed by atoms with E-state index in [-0.39, 0.29) is 23.3 Å². The molecule has 2 atom stereocenters. The zero-order chi connectivity index (χ0) is 10.9. The van der Waals surface area contributed by atoms with Crippen LogP contribution in [0.25, 0.3) is 0 Å². The summed E-state index contributed by atoms with van der Waals surface area (Å²) in [6.07, 6.45) is 1.15. The van der Waals surface area contributed by atoms with Crippen LogP contribution < -0.4 is 10.6 Å². The van der Waals surface area contributed by atoms with E-state index < -0.39 is 0 Å². The Kier molecular flexibility index (Phi) is 2.65. The van der Waals surface area contributed by atoms with Gasteiger partial charge in [-0.3, -0.25) is 9.59 Å². The smallest absolute Gasteiger partial charge is 0.225 e. The Bertz CT molecular complexity index is 284. The highest BCUT2D eigenvalue weighted by molar-refractivity contribution is 5.89. The summed E-state index contributed by atoms with van der Waals surface area (Å²) in [5.74, 6) is -0.292. The Morgan fingerprint density at radius 2 is 2.47 bits per heavy atom. The summed E-state index contributed by atoms with van der Waals surface area (Å²) in [6, 6.07) is 0. The largest absolute Gasteiger partial charge is 0.379 e. The molecule has 2 aliphatic heterocycles. The molecule has 2 saturated heterocycles. The van der Waals surface area contributed by atoms with E-state index >= 15 is 0 Å². The fourth-order valence-electron chi connectivity index (χ4n) is 1.96. The van der Waals surface area contributed by atoms with E-state index in [2.05, 4.69) is 10.6 Å². The van der Waals surface area contributed by atoms with E-state index in [1.165, 1.54) is 0 Å². The van der Waals surface area contributed by atoms with Gasteiger partial charge in [-0.1, -0.05) is 0 Å². The van der Waals surface area contributed by atoms with Crippen LogP contribution in [0.5, 0.6) is 0 Å². The van der Waals surface area contributed by atoms with Crippen molar-refractivity contribution in [1.29, 1.82) is 0 Å². The van der Waals surface area contributed by atoms with Crippen LogP contribution in [0.4, 0.5) is 0 Å². The van der Waals surface area contributed by atoms with Crippen molar-refractivity contribution in [1.82, 2.24) is 10.6 Å². The van der Waals surface area contributed by atoms with Gasteiger partial charge in [-0.25, -0.2) is 0 Å². The SMILES string of the molecule is CC1(NC(=O)C2CNC(=O)C2)CCOC1. The minimum absolute atomic E-state index is 0.0389. The Morgan fingerprint density at radius 3 is 3.00 bits per heavy atom. The maximum atomic E-state index is 11.8. The Hall–Kier alpha value is -1.10. The number of carbonyl (C=O) groups excluding carboxylic acids is 2. The number of carbonyl (C=O) groups is 2. The molecule has 15 heavy (non-hydrogen) atoms. The molecule has 2 heterocycles. The van der Waals surface area contributed by atoms with Gasteiger partial charge in [-0.05, 0) is 13.3 Å². The van der Waals surface area contributed by atoms with Crippen LogP contribution in [0.3, 0.4) is 0 Å². The van der Waals surface area contributed by atoms with E-state index in [1.54, 1.807) is 0 Å². The highest BCUT2D eigenvalue weighted by Gasteiger charge is 2.35. The maximum absolute atomic E-state index is 11.8. The van der Waals surface area contributed by atoms with Gasteiger partial charge in [0, 0.05) is 19.6 Å². The maximum Gasteiger partial charge on any atom is 0.225 e. The van der Waals surface area contributed by atoms with Crippen LogP contribution in [0.2, 0.25) is 0 Å². The van der Waals surface area contributed by atoms with Gasteiger partial charge in [-0.15, -0.1) is 0 Å². The summed E-state index contributed by atoms with van der Waals surface area (Å²) in [5.41, 5.74) is -0.247. The lowest BCUT2D eigenvalue weighted by molar-refractivity contribution is -0.128. The second-order valence-electron chi connectivity index (χ2n) is 4.56. The molecule has 2 amide bonds. The van der Waals surface area contributed by atoms with Gasteiger partial charge in [0.15, 0.2) is 0 Å². The lowest BCUT2D eigenvalue weighted by atomic mass is 9.99. The number of rotatable bonds is 2. The van der Waals surface area contributed by atoms with Gasteiger partial charge in [0.05, 0.1) is 18.1 Å². The molecule has 2 fully saturated rings. The van der Waals surface area contributed by atoms with Gasteiger partial charge < -0.3 is 15.4 Å². The number of ether oxygens (including phenoxy) is 1. The van der Waals surface area contributed by atoms with Crippen LogP contribution in [-0.4, -0.2) is 37.1 Å². The van der Waals surface area contributed by atoms with Gasteiger partial charge in [0.1, 0.15) is 0 Å². The molecule has 2 rings (SSSR count). The van der Waals surface area contributed by atoms with E-state index in [1.807, 2.05) is 6.92 Å². The molecule has 0 aromatic carbocycles. The minimum atomic E-state index is -0.247. The highest BCUT2D eigenvalue weighted by atomic mass is 16.5. The monoisotopic (exact) mass is 212 g/mol. The molecule has 0 spiro atoms. The first-order chi connectivity index (χ1) is 7.09. The molecule has 0 aromatic rings. The lowest BCUT2D eigenvalue weighted by Gasteiger charge is -2.25. The Balaban J connectivity index is 1.89. The molecule has 2 unspecified atom stereocenters. The topological polar surface area (TPSA) is 67.4 Å². The van der Waals surface area contributed by atoms with Gasteiger partial charge >= 0.3 is 0 Å². The van der Waals surface area contributed by atoms with Crippen LogP contribution in [-0.2, 0) is 14.3 Å². The molecular formula is C10H16N2O3. The lowest BCUT2D eigenvalue weighted by Crippen LogP contribution is -2.49. The predicted octanol–water partition coefficient (Wildman–Crippen LogP) is -0.582. The van der Waals surface area contributed by atoms with Crippen LogP contribution >= 0.6 is 0 Å². The Morgan fingerprint density at radius 1 is 1.67 bits per heavy atom. The first-order valence-corrected chi connectivity index (χ1v) is 5.25. The molecule has 0 saturated carbocycles. The van der Waals surface area contributed by atoms with Crippen molar-refractivity contribution < 1.29 is 14.3 Å².